The molecule has 21 heavy (non-hydrogen) atoms. The van der Waals surface area contributed by atoms with Crippen molar-refractivity contribution in [2.75, 3.05) is 5.32 Å². The number of nitrogens with zero attached hydrogens (tertiary/aromatic N) is 2. The highest BCUT2D eigenvalue weighted by Gasteiger charge is 2.15. The van der Waals surface area contributed by atoms with Crippen LogP contribution in [0.2, 0.25) is 0 Å². The Morgan fingerprint density at radius 3 is 2.62 bits per heavy atom. The largest absolute Gasteiger partial charge is 0.321 e. The third-order valence-corrected chi connectivity index (χ3v) is 3.02. The number of benzene rings is 1. The summed E-state index contributed by atoms with van der Waals surface area (Å²) in [5.41, 5.74) is 2.70. The fourth-order valence-corrected chi connectivity index (χ4v) is 2.02. The molecule has 0 spiro atoms. The van der Waals surface area contributed by atoms with Gasteiger partial charge in [0.25, 0.3) is 5.69 Å². The van der Waals surface area contributed by atoms with Gasteiger partial charge < -0.3 is 5.32 Å². The lowest BCUT2D eigenvalue weighted by atomic mass is 10.0. The van der Waals surface area contributed by atoms with Gasteiger partial charge in [0.2, 0.25) is 5.91 Å². The van der Waals surface area contributed by atoms with Crippen LogP contribution in [0.25, 0.3) is 11.1 Å². The van der Waals surface area contributed by atoms with Crippen molar-refractivity contribution in [3.63, 3.8) is 0 Å². The Hall–Kier alpha value is -2.76. The van der Waals surface area contributed by atoms with Gasteiger partial charge in [-0.05, 0) is 41.8 Å². The van der Waals surface area contributed by atoms with Crippen LogP contribution in [0, 0.1) is 10.1 Å². The van der Waals surface area contributed by atoms with Gasteiger partial charge in [0.1, 0.15) is 5.69 Å². The van der Waals surface area contributed by atoms with Crippen LogP contribution < -0.4 is 5.32 Å². The summed E-state index contributed by atoms with van der Waals surface area (Å²) in [5.74, 6) is -0.348. The first-order valence-corrected chi connectivity index (χ1v) is 6.52. The number of nitro benzene ring substituents is 1. The van der Waals surface area contributed by atoms with Crippen molar-refractivity contribution in [3.8, 4) is 11.1 Å². The van der Waals surface area contributed by atoms with Crippen LogP contribution in [-0.4, -0.2) is 15.8 Å². The molecule has 1 heterocycles. The lowest BCUT2D eigenvalue weighted by molar-refractivity contribution is -0.383. The molecule has 0 aliphatic carbocycles. The first-order valence-electron chi connectivity index (χ1n) is 6.52. The van der Waals surface area contributed by atoms with E-state index in [0.717, 1.165) is 23.2 Å². The van der Waals surface area contributed by atoms with Crippen molar-refractivity contribution in [1.82, 2.24) is 4.98 Å². The van der Waals surface area contributed by atoms with E-state index >= 15 is 0 Å². The zero-order valence-corrected chi connectivity index (χ0v) is 11.8. The summed E-state index contributed by atoms with van der Waals surface area (Å²) >= 11 is 0. The van der Waals surface area contributed by atoms with E-state index in [9.17, 15) is 14.9 Å². The van der Waals surface area contributed by atoms with Gasteiger partial charge in [0, 0.05) is 24.9 Å². The van der Waals surface area contributed by atoms with Crippen molar-refractivity contribution in [2.45, 2.75) is 20.3 Å². The van der Waals surface area contributed by atoms with E-state index in [2.05, 4.69) is 10.3 Å². The maximum Gasteiger partial charge on any atom is 0.292 e. The highest BCUT2D eigenvalue weighted by atomic mass is 16.6. The molecule has 1 aromatic carbocycles. The molecular weight excluding hydrogens is 270 g/mol. The summed E-state index contributed by atoms with van der Waals surface area (Å²) in [7, 11) is 0. The molecule has 2 rings (SSSR count). The average Bonchev–Trinajstić information content (AvgIpc) is 2.46. The van der Waals surface area contributed by atoms with Crippen molar-refractivity contribution < 1.29 is 9.72 Å². The Morgan fingerprint density at radius 1 is 1.29 bits per heavy atom. The van der Waals surface area contributed by atoms with E-state index in [0.29, 0.717) is 0 Å². The normalized spacial score (nSPS) is 10.2. The quantitative estimate of drug-likeness (QED) is 0.690. The molecule has 2 aromatic rings. The van der Waals surface area contributed by atoms with Gasteiger partial charge >= 0.3 is 0 Å². The number of anilines is 1. The predicted molar refractivity (Wildman–Crippen MR) is 80.0 cm³/mol. The zero-order chi connectivity index (χ0) is 15.4. The molecule has 0 unspecified atom stereocenters. The Kier molecular flexibility index (Phi) is 4.27. The zero-order valence-electron chi connectivity index (χ0n) is 11.8. The number of amides is 1. The molecule has 1 aromatic heterocycles. The molecule has 0 radical (unpaired) electrons. The van der Waals surface area contributed by atoms with Crippen molar-refractivity contribution in [2.24, 2.45) is 0 Å². The van der Waals surface area contributed by atoms with Crippen molar-refractivity contribution in [1.29, 1.82) is 0 Å². The monoisotopic (exact) mass is 285 g/mol. The number of hydrogen-bond acceptors (Lipinski definition) is 4. The molecule has 0 bridgehead atoms. The minimum atomic E-state index is -0.515. The van der Waals surface area contributed by atoms with Crippen LogP contribution in [0.15, 0.2) is 36.5 Å². The molecule has 6 heteroatoms. The van der Waals surface area contributed by atoms with Gasteiger partial charge in [0.15, 0.2) is 0 Å². The second-order valence-electron chi connectivity index (χ2n) is 4.56. The molecule has 0 saturated carbocycles. The second kappa shape index (κ2) is 6.13. The van der Waals surface area contributed by atoms with Crippen LogP contribution in [0.4, 0.5) is 11.4 Å². The average molecular weight is 285 g/mol. The molecule has 0 aliphatic rings. The summed E-state index contributed by atoms with van der Waals surface area (Å²) in [5, 5.41) is 13.5. The van der Waals surface area contributed by atoms with E-state index in [1.807, 2.05) is 19.1 Å². The van der Waals surface area contributed by atoms with Gasteiger partial charge in [-0.3, -0.25) is 19.9 Å². The van der Waals surface area contributed by atoms with Gasteiger partial charge in [-0.2, -0.15) is 0 Å². The summed E-state index contributed by atoms with van der Waals surface area (Å²) < 4.78 is 0. The highest BCUT2D eigenvalue weighted by molar-refractivity contribution is 5.92. The molecule has 108 valence electrons. The van der Waals surface area contributed by atoms with Gasteiger partial charge in [-0.25, -0.2) is 0 Å². The number of aryl methyl sites for hydroxylation is 1. The fraction of sp³-hybridized carbons (Fsp3) is 0.200. The van der Waals surface area contributed by atoms with E-state index in [4.69, 9.17) is 0 Å². The Balaban J connectivity index is 2.49. The molecule has 1 N–H and O–H groups in total. The van der Waals surface area contributed by atoms with Crippen LogP contribution in [0.1, 0.15) is 19.5 Å². The topological polar surface area (TPSA) is 85.1 Å². The molecule has 1 amide bonds. The number of carbonyl (C=O) groups is 1. The summed E-state index contributed by atoms with van der Waals surface area (Å²) in [6, 6.07) is 8.43. The van der Waals surface area contributed by atoms with E-state index in [-0.39, 0.29) is 17.3 Å². The number of rotatable bonds is 4. The second-order valence-corrected chi connectivity index (χ2v) is 4.56. The van der Waals surface area contributed by atoms with Gasteiger partial charge in [-0.1, -0.05) is 6.92 Å². The highest BCUT2D eigenvalue weighted by Crippen LogP contribution is 2.30. The first kappa shape index (κ1) is 14.6. The maximum atomic E-state index is 11.2. The molecule has 0 fully saturated rings. The number of hydrogen-bond donors (Lipinski definition) is 1. The van der Waals surface area contributed by atoms with Crippen LogP contribution in [0.3, 0.4) is 0 Å². The van der Waals surface area contributed by atoms with E-state index in [1.165, 1.54) is 13.0 Å². The summed E-state index contributed by atoms with van der Waals surface area (Å²) in [6.45, 7) is 3.32. The van der Waals surface area contributed by atoms with E-state index in [1.54, 1.807) is 18.3 Å². The lowest BCUT2D eigenvalue weighted by Crippen LogP contribution is -2.08. The third kappa shape index (κ3) is 3.42. The number of carbonyl (C=O) groups excluding carboxylic acids is 1. The number of nitro groups is 1. The molecule has 0 saturated heterocycles. The fourth-order valence-electron chi connectivity index (χ4n) is 2.02. The van der Waals surface area contributed by atoms with Gasteiger partial charge in [0.05, 0.1) is 4.92 Å². The summed E-state index contributed by atoms with van der Waals surface area (Å²) in [6.07, 6.45) is 2.51. The standard InChI is InChI=1S/C15H15N3O3/c1-3-13-8-12(6-7-16-13)11-4-5-15(18(20)21)14(9-11)17-10(2)19/h4-9H,3H2,1-2H3,(H,17,19). The van der Waals surface area contributed by atoms with Crippen LogP contribution >= 0.6 is 0 Å². The Labute approximate surface area is 122 Å². The molecular formula is C15H15N3O3. The molecule has 0 aliphatic heterocycles. The predicted octanol–water partition coefficient (Wildman–Crippen LogP) is 3.18. The minimum absolute atomic E-state index is 0.126. The van der Waals surface area contributed by atoms with Crippen LogP contribution in [0.5, 0.6) is 0 Å². The SMILES string of the molecule is CCc1cc(-c2ccc([N+](=O)[O-])c(NC(C)=O)c2)ccn1. The number of pyridine rings is 1. The first-order chi connectivity index (χ1) is 10.0. The van der Waals surface area contributed by atoms with E-state index < -0.39 is 4.92 Å². The lowest BCUT2D eigenvalue weighted by Gasteiger charge is -2.08. The number of aromatic nitrogens is 1. The maximum absolute atomic E-state index is 11.2. The van der Waals surface area contributed by atoms with Crippen molar-refractivity contribution in [3.05, 3.63) is 52.3 Å². The molecule has 6 nitrogen and oxygen atoms in total. The smallest absolute Gasteiger partial charge is 0.292 e. The Morgan fingerprint density at radius 2 is 2.00 bits per heavy atom. The minimum Gasteiger partial charge on any atom is -0.321 e. The van der Waals surface area contributed by atoms with Crippen LogP contribution in [-0.2, 0) is 11.2 Å². The Bertz CT molecular complexity index is 698. The summed E-state index contributed by atoms with van der Waals surface area (Å²) in [4.78, 5) is 25.9. The number of nitrogens with one attached hydrogen (secondary N) is 1. The van der Waals surface area contributed by atoms with Crippen molar-refractivity contribution >= 4 is 17.3 Å². The molecule has 0 atom stereocenters. The third-order valence-electron chi connectivity index (χ3n) is 3.02. The van der Waals surface area contributed by atoms with Gasteiger partial charge in [-0.15, -0.1) is 0 Å².